The summed E-state index contributed by atoms with van der Waals surface area (Å²) in [5.74, 6) is 1.50. The SMILES string of the molecule is NC(c1ccc(Cl)cc1)c1cc2c(cc1Br)OCCCO2. The third-order valence-corrected chi connectivity index (χ3v) is 4.37. The number of halogens is 2. The van der Waals surface area contributed by atoms with Crippen molar-refractivity contribution in [2.45, 2.75) is 12.5 Å². The number of benzene rings is 2. The molecule has 2 N–H and O–H groups in total. The summed E-state index contributed by atoms with van der Waals surface area (Å²) in [5.41, 5.74) is 8.32. The average molecular weight is 369 g/mol. The Morgan fingerprint density at radius 2 is 1.67 bits per heavy atom. The van der Waals surface area contributed by atoms with Crippen LogP contribution < -0.4 is 15.2 Å². The monoisotopic (exact) mass is 367 g/mol. The largest absolute Gasteiger partial charge is 0.490 e. The van der Waals surface area contributed by atoms with Gasteiger partial charge in [0.2, 0.25) is 0 Å². The Balaban J connectivity index is 1.97. The van der Waals surface area contributed by atoms with Crippen LogP contribution in [-0.4, -0.2) is 13.2 Å². The van der Waals surface area contributed by atoms with Crippen molar-refractivity contribution in [2.24, 2.45) is 5.73 Å². The second-order valence-corrected chi connectivity index (χ2v) is 6.19. The van der Waals surface area contributed by atoms with Gasteiger partial charge in [0, 0.05) is 15.9 Å². The van der Waals surface area contributed by atoms with Crippen molar-refractivity contribution in [3.05, 3.63) is 57.0 Å². The van der Waals surface area contributed by atoms with Gasteiger partial charge in [-0.25, -0.2) is 0 Å². The summed E-state index contributed by atoms with van der Waals surface area (Å²) in [7, 11) is 0. The molecule has 1 unspecified atom stereocenters. The van der Waals surface area contributed by atoms with Gasteiger partial charge in [-0.2, -0.15) is 0 Å². The maximum atomic E-state index is 6.37. The highest BCUT2D eigenvalue weighted by atomic mass is 79.9. The van der Waals surface area contributed by atoms with Crippen molar-refractivity contribution in [1.82, 2.24) is 0 Å². The third-order valence-electron chi connectivity index (χ3n) is 3.43. The van der Waals surface area contributed by atoms with Gasteiger partial charge in [-0.15, -0.1) is 0 Å². The van der Waals surface area contributed by atoms with Gasteiger partial charge in [-0.1, -0.05) is 39.7 Å². The number of rotatable bonds is 2. The molecule has 0 saturated heterocycles. The Hall–Kier alpha value is -1.23. The summed E-state index contributed by atoms with van der Waals surface area (Å²) in [4.78, 5) is 0. The van der Waals surface area contributed by atoms with E-state index in [-0.39, 0.29) is 6.04 Å². The molecule has 0 aromatic heterocycles. The smallest absolute Gasteiger partial charge is 0.162 e. The predicted octanol–water partition coefficient (Wildman–Crippen LogP) is 4.31. The molecule has 3 nitrogen and oxygen atoms in total. The van der Waals surface area contributed by atoms with Gasteiger partial charge in [0.1, 0.15) is 0 Å². The van der Waals surface area contributed by atoms with Crippen molar-refractivity contribution in [3.63, 3.8) is 0 Å². The Morgan fingerprint density at radius 3 is 2.33 bits per heavy atom. The Kier molecular flexibility index (Phi) is 4.38. The molecule has 2 aromatic rings. The summed E-state index contributed by atoms with van der Waals surface area (Å²) < 4.78 is 12.3. The minimum Gasteiger partial charge on any atom is -0.490 e. The molecular weight excluding hydrogens is 354 g/mol. The number of hydrogen-bond acceptors (Lipinski definition) is 3. The maximum absolute atomic E-state index is 6.37. The molecule has 0 saturated carbocycles. The standard InChI is InChI=1S/C16H15BrClNO2/c17-13-9-15-14(20-6-1-7-21-15)8-12(13)16(19)10-2-4-11(18)5-3-10/h2-5,8-9,16H,1,6-7,19H2. The van der Waals surface area contributed by atoms with Crippen LogP contribution in [0.15, 0.2) is 40.9 Å². The van der Waals surface area contributed by atoms with Crippen LogP contribution >= 0.6 is 27.5 Å². The summed E-state index contributed by atoms with van der Waals surface area (Å²) in [6, 6.07) is 11.2. The highest BCUT2D eigenvalue weighted by molar-refractivity contribution is 9.10. The molecule has 0 spiro atoms. The molecule has 110 valence electrons. The van der Waals surface area contributed by atoms with Crippen molar-refractivity contribution < 1.29 is 9.47 Å². The lowest BCUT2D eigenvalue weighted by Crippen LogP contribution is -2.12. The normalized spacial score (nSPS) is 15.4. The fourth-order valence-electron chi connectivity index (χ4n) is 2.29. The lowest BCUT2D eigenvalue weighted by Gasteiger charge is -2.17. The summed E-state index contributed by atoms with van der Waals surface area (Å²) >= 11 is 9.49. The number of nitrogens with two attached hydrogens (primary N) is 1. The van der Waals surface area contributed by atoms with Crippen LogP contribution in [0.2, 0.25) is 5.02 Å². The van der Waals surface area contributed by atoms with Crippen LogP contribution in [-0.2, 0) is 0 Å². The van der Waals surface area contributed by atoms with E-state index < -0.39 is 0 Å². The van der Waals surface area contributed by atoms with Crippen molar-refractivity contribution in [1.29, 1.82) is 0 Å². The summed E-state index contributed by atoms with van der Waals surface area (Å²) in [5, 5.41) is 0.698. The third kappa shape index (κ3) is 3.18. The first-order valence-electron chi connectivity index (χ1n) is 6.75. The van der Waals surface area contributed by atoms with Crippen LogP contribution in [0.1, 0.15) is 23.6 Å². The number of fused-ring (bicyclic) bond motifs is 1. The zero-order valence-electron chi connectivity index (χ0n) is 11.3. The predicted molar refractivity (Wildman–Crippen MR) is 87.2 cm³/mol. The number of hydrogen-bond donors (Lipinski definition) is 1. The fourth-order valence-corrected chi connectivity index (χ4v) is 2.98. The molecule has 1 heterocycles. The molecule has 0 bridgehead atoms. The van der Waals surface area contributed by atoms with E-state index in [1.807, 2.05) is 36.4 Å². The lowest BCUT2D eigenvalue weighted by atomic mass is 9.99. The van der Waals surface area contributed by atoms with Crippen molar-refractivity contribution in [3.8, 4) is 11.5 Å². The molecule has 21 heavy (non-hydrogen) atoms. The van der Waals surface area contributed by atoms with Gasteiger partial charge in [-0.3, -0.25) is 0 Å². The fraction of sp³-hybridized carbons (Fsp3) is 0.250. The second-order valence-electron chi connectivity index (χ2n) is 4.90. The van der Waals surface area contributed by atoms with Gasteiger partial charge in [0.25, 0.3) is 0 Å². The van der Waals surface area contributed by atoms with Crippen LogP contribution in [0.5, 0.6) is 11.5 Å². The zero-order valence-corrected chi connectivity index (χ0v) is 13.7. The van der Waals surface area contributed by atoms with E-state index in [1.165, 1.54) is 0 Å². The van der Waals surface area contributed by atoms with Gasteiger partial charge in [0.05, 0.1) is 19.3 Å². The van der Waals surface area contributed by atoms with Crippen LogP contribution in [0, 0.1) is 0 Å². The van der Waals surface area contributed by atoms with Crippen molar-refractivity contribution >= 4 is 27.5 Å². The first-order chi connectivity index (χ1) is 10.1. The molecule has 0 amide bonds. The molecule has 5 heteroatoms. The molecular formula is C16H15BrClNO2. The van der Waals surface area contributed by atoms with E-state index in [9.17, 15) is 0 Å². The molecule has 0 radical (unpaired) electrons. The van der Waals surface area contributed by atoms with Crippen LogP contribution in [0.3, 0.4) is 0 Å². The quantitative estimate of drug-likeness (QED) is 0.859. The van der Waals surface area contributed by atoms with E-state index in [4.69, 9.17) is 26.8 Å². The van der Waals surface area contributed by atoms with E-state index in [1.54, 1.807) is 0 Å². The minimum absolute atomic E-state index is 0.256. The summed E-state index contributed by atoms with van der Waals surface area (Å²) in [6.45, 7) is 1.33. The second kappa shape index (κ2) is 6.26. The Morgan fingerprint density at radius 1 is 1.05 bits per heavy atom. The molecule has 1 aliphatic rings. The zero-order chi connectivity index (χ0) is 14.8. The van der Waals surface area contributed by atoms with Crippen LogP contribution in [0.4, 0.5) is 0 Å². The van der Waals surface area contributed by atoms with Crippen LogP contribution in [0.25, 0.3) is 0 Å². The van der Waals surface area contributed by atoms with Crippen molar-refractivity contribution in [2.75, 3.05) is 13.2 Å². The van der Waals surface area contributed by atoms with Gasteiger partial charge < -0.3 is 15.2 Å². The van der Waals surface area contributed by atoms with Gasteiger partial charge >= 0.3 is 0 Å². The van der Waals surface area contributed by atoms with Gasteiger partial charge in [0.15, 0.2) is 11.5 Å². The number of ether oxygens (including phenoxy) is 2. The van der Waals surface area contributed by atoms with E-state index in [0.717, 1.165) is 33.5 Å². The molecule has 1 aliphatic heterocycles. The first-order valence-corrected chi connectivity index (χ1v) is 7.92. The molecule has 0 fully saturated rings. The van der Waals surface area contributed by atoms with E-state index in [2.05, 4.69) is 15.9 Å². The molecule has 2 aromatic carbocycles. The Labute approximate surface area is 137 Å². The highest BCUT2D eigenvalue weighted by Crippen LogP contribution is 2.38. The lowest BCUT2D eigenvalue weighted by molar-refractivity contribution is 0.297. The van der Waals surface area contributed by atoms with E-state index in [0.29, 0.717) is 18.2 Å². The summed E-state index contributed by atoms with van der Waals surface area (Å²) in [6.07, 6.45) is 0.880. The van der Waals surface area contributed by atoms with E-state index >= 15 is 0 Å². The minimum atomic E-state index is -0.256. The average Bonchev–Trinajstić information content (AvgIpc) is 2.71. The first kappa shape index (κ1) is 14.7. The molecule has 0 aliphatic carbocycles. The molecule has 1 atom stereocenters. The molecule has 3 rings (SSSR count). The van der Waals surface area contributed by atoms with Gasteiger partial charge in [-0.05, 0) is 35.4 Å². The highest BCUT2D eigenvalue weighted by Gasteiger charge is 2.18. The topological polar surface area (TPSA) is 44.5 Å². The Bertz CT molecular complexity index is 645. The maximum Gasteiger partial charge on any atom is 0.162 e.